The summed E-state index contributed by atoms with van der Waals surface area (Å²) in [6, 6.07) is 13.7. The van der Waals surface area contributed by atoms with E-state index in [2.05, 4.69) is 4.90 Å². The number of alkyl halides is 2. The Balaban J connectivity index is 1.88. The standard InChI is InChI=1S/C18H19F2NO3S/c1-24-15-5-2-4-13(12-15)17-6-3-11-21(17)14-7-9-16(10-8-14)25(22,23)18(19)20/h2,4-5,7-10,12,17-18H,3,6,11H2,1H3. The largest absolute Gasteiger partial charge is 0.497 e. The minimum atomic E-state index is -4.56. The molecule has 1 heterocycles. The first-order valence-electron chi connectivity index (χ1n) is 7.96. The molecular formula is C18H19F2NO3S. The summed E-state index contributed by atoms with van der Waals surface area (Å²) < 4.78 is 53.7. The van der Waals surface area contributed by atoms with Gasteiger partial charge in [0.15, 0.2) is 0 Å². The third kappa shape index (κ3) is 3.46. The number of methoxy groups -OCH3 is 1. The SMILES string of the molecule is COc1cccc(C2CCCN2c2ccc(S(=O)(=O)C(F)F)cc2)c1. The predicted octanol–water partition coefficient (Wildman–Crippen LogP) is 4.03. The number of benzene rings is 2. The molecule has 1 aliphatic heterocycles. The van der Waals surface area contributed by atoms with Gasteiger partial charge in [0.25, 0.3) is 0 Å². The number of nitrogens with zero attached hydrogens (tertiary/aromatic N) is 1. The van der Waals surface area contributed by atoms with Crippen LogP contribution < -0.4 is 9.64 Å². The first kappa shape index (κ1) is 17.7. The molecular weight excluding hydrogens is 348 g/mol. The Kier molecular flexibility index (Phi) is 4.94. The van der Waals surface area contributed by atoms with E-state index >= 15 is 0 Å². The van der Waals surface area contributed by atoms with Gasteiger partial charge in [-0.2, -0.15) is 8.78 Å². The highest BCUT2D eigenvalue weighted by molar-refractivity contribution is 7.91. The Morgan fingerprint density at radius 1 is 1.16 bits per heavy atom. The number of rotatable bonds is 5. The zero-order valence-electron chi connectivity index (χ0n) is 13.7. The van der Waals surface area contributed by atoms with E-state index in [9.17, 15) is 17.2 Å². The molecule has 3 rings (SSSR count). The summed E-state index contributed by atoms with van der Waals surface area (Å²) in [4.78, 5) is 1.80. The highest BCUT2D eigenvalue weighted by Crippen LogP contribution is 2.37. The van der Waals surface area contributed by atoms with Crippen molar-refractivity contribution in [3.8, 4) is 5.75 Å². The fourth-order valence-corrected chi connectivity index (χ4v) is 3.92. The van der Waals surface area contributed by atoms with Crippen LogP contribution in [0.2, 0.25) is 0 Å². The van der Waals surface area contributed by atoms with Crippen LogP contribution in [0.25, 0.3) is 0 Å². The third-order valence-corrected chi connectivity index (χ3v) is 5.86. The molecule has 0 aromatic heterocycles. The van der Waals surface area contributed by atoms with Crippen LogP contribution in [0, 0.1) is 0 Å². The molecule has 0 aliphatic carbocycles. The number of anilines is 1. The highest BCUT2D eigenvalue weighted by Gasteiger charge is 2.29. The lowest BCUT2D eigenvalue weighted by atomic mass is 10.0. The molecule has 134 valence electrons. The summed E-state index contributed by atoms with van der Waals surface area (Å²) >= 11 is 0. The smallest absolute Gasteiger partial charge is 0.341 e. The molecule has 1 unspecified atom stereocenters. The van der Waals surface area contributed by atoms with Crippen molar-refractivity contribution in [1.82, 2.24) is 0 Å². The van der Waals surface area contributed by atoms with Gasteiger partial charge >= 0.3 is 5.76 Å². The van der Waals surface area contributed by atoms with Gasteiger partial charge in [0, 0.05) is 12.2 Å². The molecule has 0 bridgehead atoms. The average Bonchev–Trinajstić information content (AvgIpc) is 3.11. The van der Waals surface area contributed by atoms with Gasteiger partial charge in [-0.3, -0.25) is 0 Å². The van der Waals surface area contributed by atoms with Crippen LogP contribution in [0.15, 0.2) is 53.4 Å². The molecule has 0 amide bonds. The normalized spacial score (nSPS) is 17.9. The Bertz CT molecular complexity index is 838. The van der Waals surface area contributed by atoms with Gasteiger partial charge in [0.05, 0.1) is 18.0 Å². The summed E-state index contributed by atoms with van der Waals surface area (Å²) in [7, 11) is -2.94. The van der Waals surface area contributed by atoms with Gasteiger partial charge in [-0.1, -0.05) is 12.1 Å². The third-order valence-electron chi connectivity index (χ3n) is 4.46. The van der Waals surface area contributed by atoms with E-state index in [-0.39, 0.29) is 10.9 Å². The molecule has 0 saturated carbocycles. The summed E-state index contributed by atoms with van der Waals surface area (Å²) in [6.45, 7) is 0.822. The summed E-state index contributed by atoms with van der Waals surface area (Å²) in [5, 5.41) is 0. The van der Waals surface area contributed by atoms with E-state index in [0.717, 1.165) is 36.4 Å². The molecule has 1 aliphatic rings. The van der Waals surface area contributed by atoms with Crippen molar-refractivity contribution in [3.05, 3.63) is 54.1 Å². The van der Waals surface area contributed by atoms with Gasteiger partial charge in [-0.15, -0.1) is 0 Å². The van der Waals surface area contributed by atoms with Crippen molar-refractivity contribution in [2.75, 3.05) is 18.6 Å². The van der Waals surface area contributed by atoms with Gasteiger partial charge in [-0.25, -0.2) is 8.42 Å². The van der Waals surface area contributed by atoms with Crippen LogP contribution in [0.5, 0.6) is 5.75 Å². The first-order valence-corrected chi connectivity index (χ1v) is 9.51. The molecule has 1 atom stereocenters. The summed E-state index contributed by atoms with van der Waals surface area (Å²) in [5.74, 6) is -2.63. The zero-order chi connectivity index (χ0) is 18.0. The van der Waals surface area contributed by atoms with Crippen LogP contribution in [0.1, 0.15) is 24.4 Å². The molecule has 0 spiro atoms. The topological polar surface area (TPSA) is 46.6 Å². The van der Waals surface area contributed by atoms with Crippen molar-refractivity contribution >= 4 is 15.5 Å². The number of hydrogen-bond acceptors (Lipinski definition) is 4. The monoisotopic (exact) mass is 367 g/mol. The molecule has 0 N–H and O–H groups in total. The molecule has 4 nitrogen and oxygen atoms in total. The zero-order valence-corrected chi connectivity index (χ0v) is 14.5. The summed E-state index contributed by atoms with van der Waals surface area (Å²) in [5.41, 5.74) is 1.93. The van der Waals surface area contributed by atoms with Crippen LogP contribution in [-0.2, 0) is 9.84 Å². The van der Waals surface area contributed by atoms with Crippen molar-refractivity contribution in [3.63, 3.8) is 0 Å². The van der Waals surface area contributed by atoms with Crippen molar-refractivity contribution in [2.45, 2.75) is 29.5 Å². The molecule has 7 heteroatoms. The van der Waals surface area contributed by atoms with E-state index in [1.807, 2.05) is 24.3 Å². The number of hydrogen-bond donors (Lipinski definition) is 0. The van der Waals surface area contributed by atoms with Crippen LogP contribution in [0.3, 0.4) is 0 Å². The van der Waals surface area contributed by atoms with Crippen molar-refractivity contribution in [2.24, 2.45) is 0 Å². The number of sulfone groups is 1. The second-order valence-electron chi connectivity index (χ2n) is 5.93. The van der Waals surface area contributed by atoms with Crippen molar-refractivity contribution < 1.29 is 21.9 Å². The predicted molar refractivity (Wildman–Crippen MR) is 91.9 cm³/mol. The Morgan fingerprint density at radius 3 is 2.52 bits per heavy atom. The fourth-order valence-electron chi connectivity index (χ4n) is 3.20. The second kappa shape index (κ2) is 7.00. The first-order chi connectivity index (χ1) is 11.9. The Hall–Kier alpha value is -2.15. The van der Waals surface area contributed by atoms with E-state index in [4.69, 9.17) is 4.74 Å². The van der Waals surface area contributed by atoms with E-state index < -0.39 is 15.6 Å². The minimum Gasteiger partial charge on any atom is -0.497 e. The summed E-state index contributed by atoms with van der Waals surface area (Å²) in [6.07, 6.45) is 1.96. The van der Waals surface area contributed by atoms with Gasteiger partial charge in [0.1, 0.15) is 5.75 Å². The van der Waals surface area contributed by atoms with Gasteiger partial charge in [-0.05, 0) is 54.8 Å². The lowest BCUT2D eigenvalue weighted by Gasteiger charge is -2.27. The van der Waals surface area contributed by atoms with Crippen LogP contribution >= 0.6 is 0 Å². The lowest BCUT2D eigenvalue weighted by molar-refractivity contribution is 0.234. The van der Waals surface area contributed by atoms with Crippen LogP contribution in [-0.4, -0.2) is 27.8 Å². The van der Waals surface area contributed by atoms with Gasteiger partial charge in [0.2, 0.25) is 9.84 Å². The van der Waals surface area contributed by atoms with Crippen LogP contribution in [0.4, 0.5) is 14.5 Å². The molecule has 0 radical (unpaired) electrons. The highest BCUT2D eigenvalue weighted by atomic mass is 32.2. The molecule has 2 aromatic carbocycles. The van der Waals surface area contributed by atoms with E-state index in [1.54, 1.807) is 19.2 Å². The minimum absolute atomic E-state index is 0.146. The van der Waals surface area contributed by atoms with Crippen molar-refractivity contribution in [1.29, 1.82) is 0 Å². The second-order valence-corrected chi connectivity index (χ2v) is 7.85. The Labute approximate surface area is 146 Å². The maximum atomic E-state index is 12.6. The fraction of sp³-hybridized carbons (Fsp3) is 0.333. The average molecular weight is 367 g/mol. The number of halogens is 2. The molecule has 1 saturated heterocycles. The molecule has 2 aromatic rings. The maximum Gasteiger partial charge on any atom is 0.341 e. The van der Waals surface area contributed by atoms with Gasteiger partial charge < -0.3 is 9.64 Å². The Morgan fingerprint density at radius 2 is 1.88 bits per heavy atom. The number of ether oxygens (including phenoxy) is 1. The van der Waals surface area contributed by atoms with E-state index in [0.29, 0.717) is 0 Å². The quantitative estimate of drug-likeness (QED) is 0.800. The maximum absolute atomic E-state index is 12.6. The van der Waals surface area contributed by atoms with E-state index in [1.165, 1.54) is 12.1 Å². The lowest BCUT2D eigenvalue weighted by Crippen LogP contribution is -2.22. The molecule has 25 heavy (non-hydrogen) atoms. The molecule has 1 fully saturated rings.